The fourth-order valence-electron chi connectivity index (χ4n) is 0.340. The fourth-order valence-corrected chi connectivity index (χ4v) is 0.340. The molecule has 1 rings (SSSR count). The molecule has 0 bridgehead atoms. The van der Waals surface area contributed by atoms with Gasteiger partial charge in [-0.05, 0) is 0 Å². The van der Waals surface area contributed by atoms with E-state index >= 15 is 0 Å². The zero-order valence-corrected chi connectivity index (χ0v) is 6.60. The third-order valence-electron chi connectivity index (χ3n) is 0.586. The van der Waals surface area contributed by atoms with Gasteiger partial charge in [-0.1, -0.05) is 0 Å². The monoisotopic (exact) mass is 169 g/mol. The van der Waals surface area contributed by atoms with Crippen LogP contribution in [0.2, 0.25) is 0 Å². The van der Waals surface area contributed by atoms with Gasteiger partial charge in [-0.25, -0.2) is 12.2 Å². The summed E-state index contributed by atoms with van der Waals surface area (Å²) in [7, 11) is 0. The molecule has 0 radical (unpaired) electrons. The second-order valence-corrected chi connectivity index (χ2v) is 1.00. The van der Waals surface area contributed by atoms with Gasteiger partial charge in [-0.15, -0.1) is 6.42 Å². The summed E-state index contributed by atoms with van der Waals surface area (Å²) in [6, 6.07) is 0. The molecule has 0 heterocycles. The van der Waals surface area contributed by atoms with Crippen LogP contribution in [0.5, 0.6) is 0 Å². The predicted octanol–water partition coefficient (Wildman–Crippen LogP) is 1.27. The molecule has 0 aromatic rings. The molecule has 0 amide bonds. The molecule has 0 fully saturated rings. The van der Waals surface area contributed by atoms with Crippen LogP contribution in [0.25, 0.3) is 0 Å². The summed E-state index contributed by atoms with van der Waals surface area (Å²) in [5.41, 5.74) is 0. The maximum atomic E-state index is 3.34. The van der Waals surface area contributed by atoms with Crippen LogP contribution in [0.15, 0.2) is 18.2 Å². The van der Waals surface area contributed by atoms with Gasteiger partial charge in [0.2, 0.25) is 0 Å². The van der Waals surface area contributed by atoms with Crippen LogP contribution in [0.4, 0.5) is 0 Å². The standard InChI is InChI=1S/C5H5.CH2.Zr/c1-2-4-5-3-1;;/h1-3H,4H2;1H2;/q-1;;. The number of allylic oxidation sites excluding steroid dienone is 4. The first-order valence-electron chi connectivity index (χ1n) is 2.07. The van der Waals surface area contributed by atoms with E-state index in [4.69, 9.17) is 0 Å². The third kappa shape index (κ3) is 4.08. The predicted molar refractivity (Wildman–Crippen MR) is 28.7 cm³/mol. The van der Waals surface area contributed by atoms with E-state index in [0.717, 1.165) is 6.42 Å². The van der Waals surface area contributed by atoms with Gasteiger partial charge in [0.1, 0.15) is 0 Å². The Morgan fingerprint density at radius 3 is 2.43 bits per heavy atom. The first-order chi connectivity index (χ1) is 3.50. The van der Waals surface area contributed by atoms with Crippen molar-refractivity contribution in [3.8, 4) is 0 Å². The number of hydrogen-bond acceptors (Lipinski definition) is 0. The SMILES string of the molecule is [C-]1=CC=CC1.[CH2]=[Zr]. The molecule has 0 atom stereocenters. The maximum absolute atomic E-state index is 3.34. The summed E-state index contributed by atoms with van der Waals surface area (Å²) in [5, 5.41) is 0. The first kappa shape index (κ1) is 7.23. The van der Waals surface area contributed by atoms with Crippen molar-refractivity contribution in [3.63, 3.8) is 0 Å². The minimum absolute atomic E-state index is 1.01. The average Bonchev–Trinajstić information content (AvgIpc) is 2.23. The summed E-state index contributed by atoms with van der Waals surface area (Å²) < 4.78 is 3.34. The molecule has 1 heteroatoms. The molecular formula is C6H7Zr-. The van der Waals surface area contributed by atoms with Gasteiger partial charge in [0.25, 0.3) is 0 Å². The van der Waals surface area contributed by atoms with Gasteiger partial charge in [-0.3, -0.25) is 6.08 Å². The Labute approximate surface area is 59.3 Å². The molecule has 0 spiro atoms. The second-order valence-electron chi connectivity index (χ2n) is 1.00. The molecule has 0 aromatic carbocycles. The van der Waals surface area contributed by atoms with E-state index in [9.17, 15) is 0 Å². The molecule has 1 aliphatic carbocycles. The molecule has 0 saturated heterocycles. The summed E-state index contributed by atoms with van der Waals surface area (Å²) in [5.74, 6) is 0. The molecular weight excluding hydrogens is 163 g/mol. The normalized spacial score (nSPS) is 13.0. The molecule has 0 N–H and O–H groups in total. The van der Waals surface area contributed by atoms with Gasteiger partial charge < -0.3 is 0 Å². The summed E-state index contributed by atoms with van der Waals surface area (Å²) in [6.45, 7) is 0. The second kappa shape index (κ2) is 6.23. The third-order valence-corrected chi connectivity index (χ3v) is 0.586. The van der Waals surface area contributed by atoms with Crippen molar-refractivity contribution in [3.05, 3.63) is 24.3 Å². The Morgan fingerprint density at radius 1 is 1.57 bits per heavy atom. The average molecular weight is 170 g/mol. The van der Waals surface area contributed by atoms with Crippen molar-refractivity contribution in [2.45, 2.75) is 6.42 Å². The topological polar surface area (TPSA) is 0 Å². The van der Waals surface area contributed by atoms with Gasteiger partial charge >= 0.3 is 28.4 Å². The molecule has 0 nitrogen and oxygen atoms in total. The molecule has 0 aromatic heterocycles. The van der Waals surface area contributed by atoms with E-state index < -0.39 is 0 Å². The molecule has 0 unspecified atom stereocenters. The van der Waals surface area contributed by atoms with Gasteiger partial charge in [0.15, 0.2) is 0 Å². The van der Waals surface area contributed by atoms with Crippen LogP contribution < -0.4 is 0 Å². The Kier molecular flexibility index (Phi) is 6.44. The van der Waals surface area contributed by atoms with E-state index in [-0.39, 0.29) is 0 Å². The van der Waals surface area contributed by atoms with E-state index in [1.54, 1.807) is 0 Å². The van der Waals surface area contributed by atoms with Crippen molar-refractivity contribution in [2.24, 2.45) is 0 Å². The van der Waals surface area contributed by atoms with E-state index in [2.05, 4.69) is 16.4 Å². The van der Waals surface area contributed by atoms with Crippen LogP contribution in [-0.4, -0.2) is 4.21 Å². The number of hydrogen-bond donors (Lipinski definition) is 0. The zero-order chi connectivity index (χ0) is 5.54. The summed E-state index contributed by atoms with van der Waals surface area (Å²) in [4.78, 5) is 0. The van der Waals surface area contributed by atoms with Crippen LogP contribution in [0.3, 0.4) is 0 Å². The molecule has 1 aliphatic rings. The van der Waals surface area contributed by atoms with Crippen molar-refractivity contribution >= 4 is 4.21 Å². The first-order valence-corrected chi connectivity index (χ1v) is 3.81. The van der Waals surface area contributed by atoms with Gasteiger partial charge in [0, 0.05) is 0 Å². The summed E-state index contributed by atoms with van der Waals surface area (Å²) in [6.07, 6.45) is 10.0. The fraction of sp³-hybridized carbons (Fsp3) is 0.167. The quantitative estimate of drug-likeness (QED) is 0.480. The zero-order valence-electron chi connectivity index (χ0n) is 4.15. The van der Waals surface area contributed by atoms with E-state index in [0.29, 0.717) is 0 Å². The Bertz CT molecular complexity index is 72.2. The van der Waals surface area contributed by atoms with E-state index in [1.807, 2.05) is 12.2 Å². The van der Waals surface area contributed by atoms with Crippen LogP contribution in [0.1, 0.15) is 6.42 Å². The summed E-state index contributed by atoms with van der Waals surface area (Å²) >= 11 is 1.30. The number of rotatable bonds is 0. The Morgan fingerprint density at radius 2 is 2.29 bits per heavy atom. The molecule has 0 aliphatic heterocycles. The minimum atomic E-state index is 1.01. The Balaban J connectivity index is 0.000000162. The van der Waals surface area contributed by atoms with Crippen LogP contribution in [-0.2, 0) is 24.2 Å². The van der Waals surface area contributed by atoms with Crippen LogP contribution >= 0.6 is 0 Å². The Hall–Kier alpha value is 0.233. The molecule has 0 saturated carbocycles. The van der Waals surface area contributed by atoms with Crippen molar-refractivity contribution in [1.82, 2.24) is 0 Å². The van der Waals surface area contributed by atoms with Crippen LogP contribution in [0, 0.1) is 6.08 Å². The molecule has 7 heavy (non-hydrogen) atoms. The van der Waals surface area contributed by atoms with Crippen molar-refractivity contribution in [2.75, 3.05) is 0 Å². The van der Waals surface area contributed by atoms with Gasteiger partial charge in [-0.2, -0.15) is 6.08 Å². The van der Waals surface area contributed by atoms with Crippen molar-refractivity contribution < 1.29 is 24.2 Å². The van der Waals surface area contributed by atoms with E-state index in [1.165, 1.54) is 24.2 Å². The van der Waals surface area contributed by atoms with Gasteiger partial charge in [0.05, 0.1) is 0 Å². The van der Waals surface area contributed by atoms with Crippen molar-refractivity contribution in [1.29, 1.82) is 0 Å². The molecule has 36 valence electrons.